The molecule has 0 aliphatic carbocycles. The Kier molecular flexibility index (Phi) is 2.07. The third-order valence-corrected chi connectivity index (χ3v) is 2.14. The van der Waals surface area contributed by atoms with Crippen molar-refractivity contribution in [3.05, 3.63) is 29.2 Å². The Bertz CT molecular complexity index is 510. The Labute approximate surface area is 85.7 Å². The molecule has 0 aromatic carbocycles. The second-order valence-corrected chi connectivity index (χ2v) is 3.37. The third-order valence-electron chi connectivity index (χ3n) is 2.14. The Morgan fingerprint density at radius 1 is 1.47 bits per heavy atom. The van der Waals surface area contributed by atoms with Crippen molar-refractivity contribution < 1.29 is 14.4 Å². The molecule has 0 aliphatic rings. The van der Waals surface area contributed by atoms with Gasteiger partial charge in [0, 0.05) is 23.0 Å². The lowest BCUT2D eigenvalue weighted by atomic mass is 10.2. The topological polar surface area (TPSA) is 79.1 Å². The molecule has 2 aromatic heterocycles. The van der Waals surface area contributed by atoms with Crippen LogP contribution in [-0.4, -0.2) is 21.2 Å². The molecule has 2 heterocycles. The van der Waals surface area contributed by atoms with Crippen molar-refractivity contribution in [3.63, 3.8) is 0 Å². The molecule has 2 rings (SSSR count). The van der Waals surface area contributed by atoms with Gasteiger partial charge < -0.3 is 14.6 Å². The Hall–Kier alpha value is -2.04. The van der Waals surface area contributed by atoms with E-state index in [1.54, 1.807) is 0 Å². The summed E-state index contributed by atoms with van der Waals surface area (Å²) in [7, 11) is 0. The third kappa shape index (κ3) is 1.63. The Balaban J connectivity index is 2.45. The number of hydrogen-bond donors (Lipinski definition) is 2. The van der Waals surface area contributed by atoms with E-state index < -0.39 is 5.97 Å². The fourth-order valence-corrected chi connectivity index (χ4v) is 1.48. The quantitative estimate of drug-likeness (QED) is 0.787. The Morgan fingerprint density at radius 3 is 2.67 bits per heavy atom. The zero-order chi connectivity index (χ0) is 11.0. The van der Waals surface area contributed by atoms with E-state index in [0.717, 1.165) is 17.0 Å². The van der Waals surface area contributed by atoms with Gasteiger partial charge in [-0.3, -0.25) is 0 Å². The van der Waals surface area contributed by atoms with Crippen LogP contribution in [0.3, 0.4) is 0 Å². The van der Waals surface area contributed by atoms with E-state index >= 15 is 0 Å². The SMILES string of the molecule is Cc1cc(-c2cc(C(=O)O)no2)c(C)[nH]1. The average molecular weight is 206 g/mol. The van der Waals surface area contributed by atoms with Crippen molar-refractivity contribution >= 4 is 5.97 Å². The first-order chi connectivity index (χ1) is 7.08. The van der Waals surface area contributed by atoms with E-state index in [1.165, 1.54) is 6.07 Å². The van der Waals surface area contributed by atoms with E-state index in [0.29, 0.717) is 5.76 Å². The minimum atomic E-state index is -1.09. The van der Waals surface area contributed by atoms with Gasteiger partial charge in [0.2, 0.25) is 0 Å². The van der Waals surface area contributed by atoms with E-state index in [2.05, 4.69) is 10.1 Å². The highest BCUT2D eigenvalue weighted by Crippen LogP contribution is 2.24. The van der Waals surface area contributed by atoms with Gasteiger partial charge in [-0.1, -0.05) is 5.16 Å². The molecule has 15 heavy (non-hydrogen) atoms. The highest BCUT2D eigenvalue weighted by Gasteiger charge is 2.14. The number of rotatable bonds is 2. The number of aromatic amines is 1. The number of nitrogens with one attached hydrogen (secondary N) is 1. The van der Waals surface area contributed by atoms with E-state index in [9.17, 15) is 4.79 Å². The first-order valence-corrected chi connectivity index (χ1v) is 4.44. The summed E-state index contributed by atoms with van der Waals surface area (Å²) in [5.41, 5.74) is 2.69. The van der Waals surface area contributed by atoms with Gasteiger partial charge in [-0.05, 0) is 19.9 Å². The van der Waals surface area contributed by atoms with E-state index in [1.807, 2.05) is 19.9 Å². The molecule has 2 N–H and O–H groups in total. The number of carbonyl (C=O) groups is 1. The molecular weight excluding hydrogens is 196 g/mol. The smallest absolute Gasteiger partial charge is 0.358 e. The molecule has 0 bridgehead atoms. The van der Waals surface area contributed by atoms with Gasteiger partial charge in [0.15, 0.2) is 11.5 Å². The number of hydrogen-bond acceptors (Lipinski definition) is 3. The molecule has 0 aliphatic heterocycles. The van der Waals surface area contributed by atoms with Crippen LogP contribution in [0.4, 0.5) is 0 Å². The summed E-state index contributed by atoms with van der Waals surface area (Å²) < 4.78 is 4.96. The first kappa shape index (κ1) is 9.51. The zero-order valence-electron chi connectivity index (χ0n) is 8.37. The van der Waals surface area contributed by atoms with Gasteiger partial charge in [-0.2, -0.15) is 0 Å². The first-order valence-electron chi connectivity index (χ1n) is 4.44. The standard InChI is InChI=1S/C10H10N2O3/c1-5-3-7(6(2)11-5)9-4-8(10(13)14)12-15-9/h3-4,11H,1-2H3,(H,13,14). The molecule has 0 atom stereocenters. The summed E-state index contributed by atoms with van der Waals surface area (Å²) >= 11 is 0. The number of carboxylic acids is 1. The van der Waals surface area contributed by atoms with Crippen molar-refractivity contribution in [2.24, 2.45) is 0 Å². The number of aromatic nitrogens is 2. The van der Waals surface area contributed by atoms with Crippen molar-refractivity contribution in [1.82, 2.24) is 10.1 Å². The fraction of sp³-hybridized carbons (Fsp3) is 0.200. The summed E-state index contributed by atoms with van der Waals surface area (Å²) in [4.78, 5) is 13.7. The van der Waals surface area contributed by atoms with Gasteiger partial charge in [0.25, 0.3) is 0 Å². The van der Waals surface area contributed by atoms with Gasteiger partial charge >= 0.3 is 5.97 Å². The van der Waals surface area contributed by atoms with Crippen LogP contribution < -0.4 is 0 Å². The number of nitrogens with zero attached hydrogens (tertiary/aromatic N) is 1. The summed E-state index contributed by atoms with van der Waals surface area (Å²) in [6.07, 6.45) is 0. The molecule has 5 nitrogen and oxygen atoms in total. The summed E-state index contributed by atoms with van der Waals surface area (Å²) in [5, 5.41) is 12.1. The fourth-order valence-electron chi connectivity index (χ4n) is 1.48. The summed E-state index contributed by atoms with van der Waals surface area (Å²) in [6.45, 7) is 3.82. The van der Waals surface area contributed by atoms with Gasteiger partial charge in [-0.15, -0.1) is 0 Å². The average Bonchev–Trinajstić information content (AvgIpc) is 2.71. The molecule has 0 saturated carbocycles. The molecule has 0 saturated heterocycles. The van der Waals surface area contributed by atoms with Crippen LogP contribution in [0.5, 0.6) is 0 Å². The van der Waals surface area contributed by atoms with Crippen molar-refractivity contribution in [1.29, 1.82) is 0 Å². The summed E-state index contributed by atoms with van der Waals surface area (Å²) in [5.74, 6) is -0.621. The van der Waals surface area contributed by atoms with Crippen molar-refractivity contribution in [2.75, 3.05) is 0 Å². The molecule has 0 fully saturated rings. The predicted molar refractivity (Wildman–Crippen MR) is 52.7 cm³/mol. The molecule has 0 amide bonds. The lowest BCUT2D eigenvalue weighted by Gasteiger charge is -1.90. The second-order valence-electron chi connectivity index (χ2n) is 3.37. The molecule has 0 radical (unpaired) electrons. The largest absolute Gasteiger partial charge is 0.476 e. The van der Waals surface area contributed by atoms with Crippen LogP contribution in [0.15, 0.2) is 16.7 Å². The normalized spacial score (nSPS) is 10.5. The second kappa shape index (κ2) is 3.27. The molecule has 5 heteroatoms. The number of carboxylic acid groups (broad SMARTS) is 1. The molecule has 2 aromatic rings. The van der Waals surface area contributed by atoms with Crippen LogP contribution in [0.1, 0.15) is 21.9 Å². The van der Waals surface area contributed by atoms with Crippen molar-refractivity contribution in [2.45, 2.75) is 13.8 Å². The molecule has 0 unspecified atom stereocenters. The number of aromatic carboxylic acids is 1. The molecule has 0 spiro atoms. The highest BCUT2D eigenvalue weighted by molar-refractivity contribution is 5.86. The maximum Gasteiger partial charge on any atom is 0.358 e. The van der Waals surface area contributed by atoms with Crippen LogP contribution in [0, 0.1) is 13.8 Å². The lowest BCUT2D eigenvalue weighted by Crippen LogP contribution is -1.94. The predicted octanol–water partition coefficient (Wildman–Crippen LogP) is 1.98. The number of H-pyrrole nitrogens is 1. The molecular formula is C10H10N2O3. The van der Waals surface area contributed by atoms with Gasteiger partial charge in [0.05, 0.1) is 0 Å². The highest BCUT2D eigenvalue weighted by atomic mass is 16.5. The monoisotopic (exact) mass is 206 g/mol. The minimum Gasteiger partial charge on any atom is -0.476 e. The Morgan fingerprint density at radius 2 is 2.20 bits per heavy atom. The van der Waals surface area contributed by atoms with Crippen molar-refractivity contribution in [3.8, 4) is 11.3 Å². The minimum absolute atomic E-state index is 0.0803. The lowest BCUT2D eigenvalue weighted by molar-refractivity contribution is 0.0686. The zero-order valence-corrected chi connectivity index (χ0v) is 8.37. The van der Waals surface area contributed by atoms with Crippen LogP contribution >= 0.6 is 0 Å². The van der Waals surface area contributed by atoms with Gasteiger partial charge in [0.1, 0.15) is 0 Å². The molecule has 78 valence electrons. The van der Waals surface area contributed by atoms with E-state index in [-0.39, 0.29) is 5.69 Å². The van der Waals surface area contributed by atoms with Crippen LogP contribution in [-0.2, 0) is 0 Å². The van der Waals surface area contributed by atoms with Gasteiger partial charge in [-0.25, -0.2) is 4.79 Å². The maximum absolute atomic E-state index is 10.6. The van der Waals surface area contributed by atoms with Crippen LogP contribution in [0.2, 0.25) is 0 Å². The summed E-state index contributed by atoms with van der Waals surface area (Å²) in [6, 6.07) is 3.30. The van der Waals surface area contributed by atoms with E-state index in [4.69, 9.17) is 9.63 Å². The number of aryl methyl sites for hydroxylation is 2. The maximum atomic E-state index is 10.6. The van der Waals surface area contributed by atoms with Crippen LogP contribution in [0.25, 0.3) is 11.3 Å².